The van der Waals surface area contributed by atoms with Crippen molar-refractivity contribution in [2.45, 2.75) is 25.7 Å². The lowest BCUT2D eigenvalue weighted by Crippen LogP contribution is -2.27. The molecule has 66 valence electrons. The highest BCUT2D eigenvalue weighted by atomic mass is 35.5. The molecule has 0 atom stereocenters. The number of halogens is 2. The Kier molecular flexibility index (Phi) is 2.18. The van der Waals surface area contributed by atoms with E-state index in [4.69, 9.17) is 23.2 Å². The minimum Gasteiger partial charge on any atom is -0.276 e. The van der Waals surface area contributed by atoms with Crippen molar-refractivity contribution < 1.29 is 4.79 Å². The van der Waals surface area contributed by atoms with Gasteiger partial charge in [-0.3, -0.25) is 4.79 Å². The van der Waals surface area contributed by atoms with Crippen molar-refractivity contribution in [3.8, 4) is 0 Å². The van der Waals surface area contributed by atoms with Gasteiger partial charge in [0.1, 0.15) is 0 Å². The van der Waals surface area contributed by atoms with Crippen molar-refractivity contribution in [1.82, 2.24) is 0 Å². The van der Waals surface area contributed by atoms with Gasteiger partial charge in [0.05, 0.1) is 0 Å². The Bertz CT molecular complexity index is 249. The highest BCUT2D eigenvalue weighted by molar-refractivity contribution is 6.68. The molecule has 0 heterocycles. The first-order valence-electron chi connectivity index (χ1n) is 4.29. The summed E-state index contributed by atoms with van der Waals surface area (Å²) in [6.45, 7) is 0. The second-order valence-corrected chi connectivity index (χ2v) is 4.33. The predicted molar refractivity (Wildman–Crippen MR) is 49.2 cm³/mol. The fraction of sp³-hybridized carbons (Fsp3) is 0.667. The van der Waals surface area contributed by atoms with Crippen LogP contribution in [-0.4, -0.2) is 5.24 Å². The van der Waals surface area contributed by atoms with Gasteiger partial charge in [-0.15, -0.1) is 0 Å². The van der Waals surface area contributed by atoms with Crippen LogP contribution < -0.4 is 0 Å². The van der Waals surface area contributed by atoms with E-state index in [1.165, 1.54) is 0 Å². The first-order valence-corrected chi connectivity index (χ1v) is 5.05. The summed E-state index contributed by atoms with van der Waals surface area (Å²) in [7, 11) is 0. The quantitative estimate of drug-likeness (QED) is 0.601. The largest absolute Gasteiger partial charge is 0.276 e. The first kappa shape index (κ1) is 8.58. The molecule has 0 radical (unpaired) electrons. The average molecular weight is 205 g/mol. The molecule has 0 aromatic heterocycles. The van der Waals surface area contributed by atoms with Gasteiger partial charge in [-0.1, -0.05) is 11.6 Å². The topological polar surface area (TPSA) is 17.1 Å². The number of rotatable bonds is 1. The summed E-state index contributed by atoms with van der Waals surface area (Å²) >= 11 is 11.5. The molecule has 3 aliphatic rings. The SMILES string of the molecule is O=C(Cl)C1=C(Cl)C2CCC1CC2. The van der Waals surface area contributed by atoms with Gasteiger partial charge in [0.15, 0.2) is 0 Å². The third-order valence-electron chi connectivity index (χ3n) is 2.96. The van der Waals surface area contributed by atoms with Crippen LogP contribution in [0, 0.1) is 11.8 Å². The van der Waals surface area contributed by atoms with Gasteiger partial charge in [0.2, 0.25) is 5.24 Å². The fourth-order valence-corrected chi connectivity index (χ4v) is 3.07. The standard InChI is InChI=1S/C9H10Cl2O/c10-8-6-3-1-5(2-4-6)7(8)9(11)12/h5-6H,1-4H2. The predicted octanol–water partition coefficient (Wildman–Crippen LogP) is 3.06. The Morgan fingerprint density at radius 2 is 1.67 bits per heavy atom. The van der Waals surface area contributed by atoms with Crippen molar-refractivity contribution in [2.75, 3.05) is 0 Å². The molecule has 0 aromatic rings. The van der Waals surface area contributed by atoms with Crippen LogP contribution in [0.15, 0.2) is 10.6 Å². The summed E-state index contributed by atoms with van der Waals surface area (Å²) < 4.78 is 0. The van der Waals surface area contributed by atoms with E-state index in [-0.39, 0.29) is 5.24 Å². The molecule has 0 amide bonds. The first-order chi connectivity index (χ1) is 5.70. The molecule has 0 saturated heterocycles. The van der Waals surface area contributed by atoms with Crippen molar-refractivity contribution in [1.29, 1.82) is 0 Å². The number of carbonyl (C=O) groups is 1. The Balaban J connectivity index is 2.39. The van der Waals surface area contributed by atoms with E-state index in [1.54, 1.807) is 0 Å². The summed E-state index contributed by atoms with van der Waals surface area (Å²) in [5, 5.41) is 0.409. The third-order valence-corrected chi connectivity index (χ3v) is 3.68. The molecule has 0 N–H and O–H groups in total. The Morgan fingerprint density at radius 3 is 2.00 bits per heavy atom. The van der Waals surface area contributed by atoms with Crippen LogP contribution in [0.2, 0.25) is 0 Å². The Morgan fingerprint density at radius 1 is 1.17 bits per heavy atom. The lowest BCUT2D eigenvalue weighted by molar-refractivity contribution is -0.109. The molecule has 3 heteroatoms. The summed E-state index contributed by atoms with van der Waals surface area (Å²) in [4.78, 5) is 11.0. The molecule has 0 unspecified atom stereocenters. The van der Waals surface area contributed by atoms with Gasteiger partial charge in [0.25, 0.3) is 0 Å². The molecular weight excluding hydrogens is 195 g/mol. The molecular formula is C9H10Cl2O. The lowest BCUT2D eigenvalue weighted by atomic mass is 9.71. The second kappa shape index (κ2) is 3.04. The smallest absolute Gasteiger partial charge is 0.249 e. The Labute approximate surface area is 81.7 Å². The number of hydrogen-bond donors (Lipinski definition) is 0. The van der Waals surface area contributed by atoms with Gasteiger partial charge in [-0.25, -0.2) is 0 Å². The molecule has 2 bridgehead atoms. The minimum atomic E-state index is -0.339. The highest BCUT2D eigenvalue weighted by Crippen LogP contribution is 2.47. The van der Waals surface area contributed by atoms with Gasteiger partial charge >= 0.3 is 0 Å². The molecule has 1 nitrogen and oxygen atoms in total. The van der Waals surface area contributed by atoms with Gasteiger partial charge in [-0.2, -0.15) is 0 Å². The number of fused-ring (bicyclic) bond motifs is 2. The highest BCUT2D eigenvalue weighted by Gasteiger charge is 2.36. The van der Waals surface area contributed by atoms with Crippen molar-refractivity contribution in [3.05, 3.63) is 10.6 Å². The Hall–Kier alpha value is -0.0100. The maximum Gasteiger partial charge on any atom is 0.249 e. The molecule has 3 aliphatic carbocycles. The van der Waals surface area contributed by atoms with Crippen LogP contribution in [0.3, 0.4) is 0 Å². The van der Waals surface area contributed by atoms with E-state index in [0.717, 1.165) is 30.7 Å². The van der Waals surface area contributed by atoms with Crippen LogP contribution in [0.5, 0.6) is 0 Å². The maximum absolute atomic E-state index is 11.0. The van der Waals surface area contributed by atoms with E-state index in [1.807, 2.05) is 0 Å². The second-order valence-electron chi connectivity index (χ2n) is 3.58. The zero-order valence-electron chi connectivity index (χ0n) is 6.65. The average Bonchev–Trinajstić information content (AvgIpc) is 2.05. The van der Waals surface area contributed by atoms with E-state index in [2.05, 4.69) is 0 Å². The zero-order valence-corrected chi connectivity index (χ0v) is 8.16. The van der Waals surface area contributed by atoms with Crippen LogP contribution in [0.4, 0.5) is 0 Å². The molecule has 0 aliphatic heterocycles. The van der Waals surface area contributed by atoms with E-state index in [9.17, 15) is 4.79 Å². The zero-order chi connectivity index (χ0) is 8.72. The third kappa shape index (κ3) is 1.20. The van der Waals surface area contributed by atoms with Crippen LogP contribution in [0.25, 0.3) is 0 Å². The number of carbonyl (C=O) groups excluding carboxylic acids is 1. The van der Waals surface area contributed by atoms with Gasteiger partial charge < -0.3 is 0 Å². The summed E-state index contributed by atoms with van der Waals surface area (Å²) in [5.74, 6) is 0.780. The van der Waals surface area contributed by atoms with E-state index in [0.29, 0.717) is 17.4 Å². The van der Waals surface area contributed by atoms with Crippen LogP contribution in [-0.2, 0) is 4.79 Å². The van der Waals surface area contributed by atoms with E-state index >= 15 is 0 Å². The van der Waals surface area contributed by atoms with Crippen molar-refractivity contribution in [3.63, 3.8) is 0 Å². The monoisotopic (exact) mass is 204 g/mol. The number of allylic oxidation sites excluding steroid dienone is 2. The molecule has 3 rings (SSSR count). The lowest BCUT2D eigenvalue weighted by Gasteiger charge is -2.36. The molecule has 0 spiro atoms. The normalized spacial score (nSPS) is 34.2. The van der Waals surface area contributed by atoms with Crippen LogP contribution in [0.1, 0.15) is 25.7 Å². The summed E-state index contributed by atoms with van der Waals surface area (Å²) in [6, 6.07) is 0. The molecule has 1 saturated carbocycles. The van der Waals surface area contributed by atoms with Crippen molar-refractivity contribution in [2.24, 2.45) is 11.8 Å². The van der Waals surface area contributed by atoms with Crippen molar-refractivity contribution >= 4 is 28.4 Å². The van der Waals surface area contributed by atoms with E-state index < -0.39 is 0 Å². The fourth-order valence-electron chi connectivity index (χ4n) is 2.30. The molecule has 1 fully saturated rings. The maximum atomic E-state index is 11.0. The minimum absolute atomic E-state index is 0.339. The number of hydrogen-bond acceptors (Lipinski definition) is 1. The molecule has 12 heavy (non-hydrogen) atoms. The molecule has 0 aromatic carbocycles. The van der Waals surface area contributed by atoms with Gasteiger partial charge in [0, 0.05) is 10.6 Å². The van der Waals surface area contributed by atoms with Crippen LogP contribution >= 0.6 is 23.2 Å². The van der Waals surface area contributed by atoms with Gasteiger partial charge in [-0.05, 0) is 49.1 Å². The summed E-state index contributed by atoms with van der Waals surface area (Å²) in [5.41, 5.74) is 0.709. The summed E-state index contributed by atoms with van der Waals surface area (Å²) in [6.07, 6.45) is 4.46.